The summed E-state index contributed by atoms with van der Waals surface area (Å²) >= 11 is 6.42. The van der Waals surface area contributed by atoms with Crippen molar-refractivity contribution in [3.63, 3.8) is 0 Å². The maximum atomic E-state index is 12.6. The summed E-state index contributed by atoms with van der Waals surface area (Å²) in [5.41, 5.74) is 3.32. The zero-order valence-corrected chi connectivity index (χ0v) is 17.4. The van der Waals surface area contributed by atoms with E-state index in [4.69, 9.17) is 16.6 Å². The molecule has 3 aromatic rings. The highest BCUT2D eigenvalue weighted by molar-refractivity contribution is 6.33. The van der Waals surface area contributed by atoms with Gasteiger partial charge in [-0.15, -0.1) is 0 Å². The second kappa shape index (κ2) is 9.78. The first-order valence-electron chi connectivity index (χ1n) is 10.2. The van der Waals surface area contributed by atoms with Crippen LogP contribution in [0.15, 0.2) is 55.0 Å². The highest BCUT2D eigenvalue weighted by Crippen LogP contribution is 2.28. The van der Waals surface area contributed by atoms with Crippen molar-refractivity contribution in [1.82, 2.24) is 20.3 Å². The van der Waals surface area contributed by atoms with Gasteiger partial charge in [0.15, 0.2) is 0 Å². The molecule has 154 valence electrons. The number of ketones is 1. The molecule has 0 radical (unpaired) electrons. The van der Waals surface area contributed by atoms with E-state index in [2.05, 4.69) is 20.6 Å². The Bertz CT molecular complexity index is 1010. The van der Waals surface area contributed by atoms with E-state index in [0.29, 0.717) is 18.0 Å². The number of aromatic nitrogens is 3. The van der Waals surface area contributed by atoms with Crippen LogP contribution in [0.2, 0.25) is 5.02 Å². The zero-order chi connectivity index (χ0) is 20.8. The molecule has 1 saturated heterocycles. The first kappa shape index (κ1) is 20.4. The molecule has 2 N–H and O–H groups in total. The van der Waals surface area contributed by atoms with Gasteiger partial charge in [0.2, 0.25) is 0 Å². The molecule has 7 heteroatoms. The van der Waals surface area contributed by atoms with Gasteiger partial charge in [0, 0.05) is 55.3 Å². The van der Waals surface area contributed by atoms with Crippen molar-refractivity contribution in [3.8, 4) is 11.3 Å². The predicted octanol–water partition coefficient (Wildman–Crippen LogP) is 3.92. The quantitative estimate of drug-likeness (QED) is 0.602. The smallest absolute Gasteiger partial charge is 0.143 e. The lowest BCUT2D eigenvalue weighted by Crippen LogP contribution is -2.35. The molecular formula is C23H24ClN5O. The van der Waals surface area contributed by atoms with Gasteiger partial charge >= 0.3 is 0 Å². The number of halogens is 1. The third-order valence-electron chi connectivity index (χ3n) is 5.24. The van der Waals surface area contributed by atoms with Crippen LogP contribution in [-0.4, -0.2) is 33.8 Å². The minimum Gasteiger partial charge on any atom is -0.366 e. The summed E-state index contributed by atoms with van der Waals surface area (Å²) in [5, 5.41) is 7.12. The monoisotopic (exact) mass is 421 g/mol. The Hall–Kier alpha value is -2.83. The van der Waals surface area contributed by atoms with E-state index in [-0.39, 0.29) is 11.7 Å². The van der Waals surface area contributed by atoms with E-state index in [1.165, 1.54) is 0 Å². The fraction of sp³-hybridized carbons (Fsp3) is 0.304. The Morgan fingerprint density at radius 2 is 2.17 bits per heavy atom. The van der Waals surface area contributed by atoms with Gasteiger partial charge in [-0.25, -0.2) is 4.98 Å². The molecule has 3 aromatic heterocycles. The SMILES string of the molecule is O=C(Cc1cc(-c2cccc(NCc3cccnc3)n2)c(Cl)cn1)[C@@H]1CCCNC1. The lowest BCUT2D eigenvalue weighted by atomic mass is 9.92. The molecule has 4 rings (SSSR count). The minimum atomic E-state index is 0.0674. The average molecular weight is 422 g/mol. The van der Waals surface area contributed by atoms with Gasteiger partial charge in [0.1, 0.15) is 11.6 Å². The summed E-state index contributed by atoms with van der Waals surface area (Å²) in [5.74, 6) is 1.04. The third kappa shape index (κ3) is 5.20. The number of anilines is 1. The van der Waals surface area contributed by atoms with E-state index in [1.807, 2.05) is 42.6 Å². The molecule has 4 heterocycles. The summed E-state index contributed by atoms with van der Waals surface area (Å²) in [4.78, 5) is 25.8. The second-order valence-electron chi connectivity index (χ2n) is 7.46. The third-order valence-corrected chi connectivity index (χ3v) is 5.54. The maximum absolute atomic E-state index is 12.6. The highest BCUT2D eigenvalue weighted by Gasteiger charge is 2.21. The number of hydrogen-bond donors (Lipinski definition) is 2. The van der Waals surface area contributed by atoms with Crippen LogP contribution in [0.25, 0.3) is 11.3 Å². The Labute approximate surface area is 181 Å². The normalized spacial score (nSPS) is 16.2. The number of nitrogens with zero attached hydrogens (tertiary/aromatic N) is 3. The minimum absolute atomic E-state index is 0.0674. The van der Waals surface area contributed by atoms with Crippen molar-refractivity contribution in [2.45, 2.75) is 25.8 Å². The van der Waals surface area contributed by atoms with Gasteiger partial charge in [0.25, 0.3) is 0 Å². The molecule has 0 saturated carbocycles. The van der Waals surface area contributed by atoms with Crippen LogP contribution in [-0.2, 0) is 17.8 Å². The molecule has 0 spiro atoms. The van der Waals surface area contributed by atoms with Crippen LogP contribution in [0.4, 0.5) is 5.82 Å². The zero-order valence-electron chi connectivity index (χ0n) is 16.6. The Kier molecular flexibility index (Phi) is 6.67. The molecule has 0 amide bonds. The van der Waals surface area contributed by atoms with Crippen LogP contribution < -0.4 is 10.6 Å². The van der Waals surface area contributed by atoms with E-state index in [1.54, 1.807) is 12.4 Å². The molecule has 30 heavy (non-hydrogen) atoms. The van der Waals surface area contributed by atoms with Gasteiger partial charge in [-0.3, -0.25) is 14.8 Å². The number of pyridine rings is 3. The number of nitrogens with one attached hydrogen (secondary N) is 2. The van der Waals surface area contributed by atoms with Crippen molar-refractivity contribution in [1.29, 1.82) is 0 Å². The van der Waals surface area contributed by atoms with Gasteiger partial charge in [-0.2, -0.15) is 0 Å². The predicted molar refractivity (Wildman–Crippen MR) is 118 cm³/mol. The number of piperidine rings is 1. The number of carbonyl (C=O) groups is 1. The van der Waals surface area contributed by atoms with E-state index < -0.39 is 0 Å². The molecule has 1 aliphatic heterocycles. The first-order chi connectivity index (χ1) is 14.7. The summed E-state index contributed by atoms with van der Waals surface area (Å²) in [6, 6.07) is 11.5. The van der Waals surface area contributed by atoms with Crippen LogP contribution in [0.1, 0.15) is 24.1 Å². The summed E-state index contributed by atoms with van der Waals surface area (Å²) in [6.45, 7) is 2.37. The molecule has 1 aliphatic rings. The molecule has 0 aromatic carbocycles. The molecule has 6 nitrogen and oxygen atoms in total. The fourth-order valence-electron chi connectivity index (χ4n) is 3.60. The van der Waals surface area contributed by atoms with E-state index in [9.17, 15) is 4.79 Å². The summed E-state index contributed by atoms with van der Waals surface area (Å²) in [6.07, 6.45) is 7.48. The van der Waals surface area contributed by atoms with Gasteiger partial charge in [-0.1, -0.05) is 23.7 Å². The highest BCUT2D eigenvalue weighted by atomic mass is 35.5. The fourth-order valence-corrected chi connectivity index (χ4v) is 3.80. The van der Waals surface area contributed by atoms with Crippen molar-refractivity contribution in [2.24, 2.45) is 5.92 Å². The maximum Gasteiger partial charge on any atom is 0.143 e. The van der Waals surface area contributed by atoms with Gasteiger partial charge in [-0.05, 0) is 49.2 Å². The molecule has 0 bridgehead atoms. The molecule has 0 aliphatic carbocycles. The molecule has 1 atom stereocenters. The van der Waals surface area contributed by atoms with Gasteiger partial charge < -0.3 is 10.6 Å². The van der Waals surface area contributed by atoms with E-state index >= 15 is 0 Å². The summed E-state index contributed by atoms with van der Waals surface area (Å²) < 4.78 is 0. The van der Waals surface area contributed by atoms with Crippen molar-refractivity contribution in [3.05, 3.63) is 71.3 Å². The van der Waals surface area contributed by atoms with Gasteiger partial charge in [0.05, 0.1) is 10.7 Å². The van der Waals surface area contributed by atoms with Crippen LogP contribution in [0.3, 0.4) is 0 Å². The van der Waals surface area contributed by atoms with Crippen LogP contribution in [0.5, 0.6) is 0 Å². The van der Waals surface area contributed by atoms with Crippen LogP contribution >= 0.6 is 11.6 Å². The lowest BCUT2D eigenvalue weighted by Gasteiger charge is -2.21. The average Bonchev–Trinajstić information content (AvgIpc) is 2.80. The first-order valence-corrected chi connectivity index (χ1v) is 10.5. The Morgan fingerprint density at radius 3 is 2.97 bits per heavy atom. The van der Waals surface area contributed by atoms with Crippen molar-refractivity contribution in [2.75, 3.05) is 18.4 Å². The van der Waals surface area contributed by atoms with E-state index in [0.717, 1.165) is 54.3 Å². The van der Waals surface area contributed by atoms with Crippen molar-refractivity contribution < 1.29 is 4.79 Å². The standard InChI is InChI=1S/C23H24ClN5O/c24-20-15-27-18(11-22(30)17-5-3-9-26-14-17)10-19(20)21-6-1-7-23(29-21)28-13-16-4-2-8-25-12-16/h1-2,4,6-8,10,12,15,17,26H,3,5,9,11,13-14H2,(H,28,29)/t17-/m1/s1. The molecule has 1 fully saturated rings. The Morgan fingerprint density at radius 1 is 1.23 bits per heavy atom. The number of rotatable bonds is 7. The summed E-state index contributed by atoms with van der Waals surface area (Å²) in [7, 11) is 0. The number of carbonyl (C=O) groups excluding carboxylic acids is 1. The lowest BCUT2D eigenvalue weighted by molar-refractivity contribution is -0.122. The van der Waals surface area contributed by atoms with Crippen LogP contribution in [0, 0.1) is 5.92 Å². The topological polar surface area (TPSA) is 79.8 Å². The molecular weight excluding hydrogens is 398 g/mol. The largest absolute Gasteiger partial charge is 0.366 e. The van der Waals surface area contributed by atoms with Crippen molar-refractivity contribution >= 4 is 23.2 Å². The molecule has 0 unspecified atom stereocenters. The number of Topliss-reactive ketones (excluding diaryl/α,β-unsaturated/α-hetero) is 1. The second-order valence-corrected chi connectivity index (χ2v) is 7.87. The Balaban J connectivity index is 1.49. The number of hydrogen-bond acceptors (Lipinski definition) is 6.